The molecule has 202 valence electrons. The minimum Gasteiger partial charge on any atom is -0.352 e. The van der Waals surface area contributed by atoms with Gasteiger partial charge in [0, 0.05) is 30.6 Å². The maximum atomic E-state index is 13.5. The van der Waals surface area contributed by atoms with Crippen LogP contribution >= 0.6 is 11.6 Å². The Bertz CT molecular complexity index is 1160. The summed E-state index contributed by atoms with van der Waals surface area (Å²) >= 11 is 6.40. The van der Waals surface area contributed by atoms with Gasteiger partial charge in [-0.15, -0.1) is 0 Å². The summed E-state index contributed by atoms with van der Waals surface area (Å²) in [4.78, 5) is 28.4. The molecular formula is C28H38ClN3O4S. The Kier molecular flexibility index (Phi) is 10.4. The summed E-state index contributed by atoms with van der Waals surface area (Å²) < 4.78 is 26.3. The van der Waals surface area contributed by atoms with E-state index in [1.165, 1.54) is 10.6 Å². The van der Waals surface area contributed by atoms with Crippen molar-refractivity contribution in [2.24, 2.45) is 0 Å². The predicted molar refractivity (Wildman–Crippen MR) is 149 cm³/mol. The van der Waals surface area contributed by atoms with Crippen molar-refractivity contribution in [1.29, 1.82) is 0 Å². The molecular weight excluding hydrogens is 510 g/mol. The highest BCUT2D eigenvalue weighted by molar-refractivity contribution is 7.92. The summed E-state index contributed by atoms with van der Waals surface area (Å²) in [7, 11) is -3.52. The molecule has 1 aliphatic rings. The number of rotatable bonds is 12. The van der Waals surface area contributed by atoms with Crippen LogP contribution in [0.15, 0.2) is 48.5 Å². The van der Waals surface area contributed by atoms with Gasteiger partial charge in [-0.05, 0) is 56.4 Å². The second-order valence-electron chi connectivity index (χ2n) is 9.80. The number of benzene rings is 2. The molecule has 37 heavy (non-hydrogen) atoms. The second kappa shape index (κ2) is 13.3. The topological polar surface area (TPSA) is 86.8 Å². The fraction of sp³-hybridized carbons (Fsp3) is 0.500. The molecule has 0 unspecified atom stereocenters. The van der Waals surface area contributed by atoms with E-state index in [0.29, 0.717) is 23.6 Å². The summed E-state index contributed by atoms with van der Waals surface area (Å²) in [6, 6.07) is 14.1. The van der Waals surface area contributed by atoms with Crippen LogP contribution in [0.3, 0.4) is 0 Å². The monoisotopic (exact) mass is 547 g/mol. The van der Waals surface area contributed by atoms with E-state index in [1.807, 2.05) is 44.2 Å². The quantitative estimate of drug-likeness (QED) is 0.402. The van der Waals surface area contributed by atoms with Crippen molar-refractivity contribution in [3.05, 3.63) is 64.7 Å². The van der Waals surface area contributed by atoms with Crippen LogP contribution in [0, 0.1) is 6.92 Å². The molecule has 1 saturated carbocycles. The third-order valence-corrected chi connectivity index (χ3v) is 8.42. The predicted octanol–water partition coefficient (Wildman–Crippen LogP) is 5.06. The van der Waals surface area contributed by atoms with Crippen LogP contribution in [0.25, 0.3) is 0 Å². The molecule has 1 aliphatic carbocycles. The molecule has 0 radical (unpaired) electrons. The lowest BCUT2D eigenvalue weighted by molar-refractivity contribution is -0.141. The third-order valence-electron chi connectivity index (χ3n) is 6.86. The van der Waals surface area contributed by atoms with Gasteiger partial charge in [-0.3, -0.25) is 13.9 Å². The Morgan fingerprint density at radius 1 is 1.08 bits per heavy atom. The van der Waals surface area contributed by atoms with E-state index in [4.69, 9.17) is 11.6 Å². The summed E-state index contributed by atoms with van der Waals surface area (Å²) in [5.41, 5.74) is 2.36. The largest absolute Gasteiger partial charge is 0.352 e. The molecule has 0 aliphatic heterocycles. The van der Waals surface area contributed by atoms with E-state index >= 15 is 0 Å². The number of hydrogen-bond donors (Lipinski definition) is 1. The Hall–Kier alpha value is -2.58. The van der Waals surface area contributed by atoms with E-state index in [1.54, 1.807) is 23.1 Å². The van der Waals surface area contributed by atoms with Gasteiger partial charge in [-0.2, -0.15) is 0 Å². The highest BCUT2D eigenvalue weighted by Gasteiger charge is 2.31. The maximum Gasteiger partial charge on any atom is 0.243 e. The standard InChI is InChI=1S/C28H38ClN3O4S/c1-4-26(28(34)30-23-11-6-7-12-23)31(20-22-10-5-8-13-25(22)29)27(33)14-9-19-32(37(3,35)36)24-17-15-21(2)16-18-24/h5,8,10,13,15-18,23,26H,4,6-7,9,11-12,14,19-20H2,1-3H3,(H,30,34)/t26-/m1/s1. The zero-order valence-electron chi connectivity index (χ0n) is 22.0. The maximum absolute atomic E-state index is 13.5. The van der Waals surface area contributed by atoms with Crippen molar-refractivity contribution >= 4 is 39.1 Å². The molecule has 2 aromatic carbocycles. The number of sulfonamides is 1. The minimum atomic E-state index is -3.52. The van der Waals surface area contributed by atoms with Gasteiger partial charge in [0.25, 0.3) is 0 Å². The number of nitrogens with zero attached hydrogens (tertiary/aromatic N) is 2. The van der Waals surface area contributed by atoms with Crippen LogP contribution in [0.1, 0.15) is 63.0 Å². The first-order valence-electron chi connectivity index (χ1n) is 13.0. The Balaban J connectivity index is 1.76. The van der Waals surface area contributed by atoms with Gasteiger partial charge in [-0.25, -0.2) is 8.42 Å². The summed E-state index contributed by atoms with van der Waals surface area (Å²) in [6.07, 6.45) is 6.17. The lowest BCUT2D eigenvalue weighted by Crippen LogP contribution is -2.51. The number of aryl methyl sites for hydroxylation is 1. The van der Waals surface area contributed by atoms with Gasteiger partial charge in [0.2, 0.25) is 21.8 Å². The fourth-order valence-corrected chi connectivity index (χ4v) is 5.97. The van der Waals surface area contributed by atoms with Gasteiger partial charge in [0.05, 0.1) is 11.9 Å². The number of carbonyl (C=O) groups excluding carboxylic acids is 2. The van der Waals surface area contributed by atoms with E-state index in [2.05, 4.69) is 5.32 Å². The highest BCUT2D eigenvalue weighted by Crippen LogP contribution is 2.23. The number of nitrogens with one attached hydrogen (secondary N) is 1. The molecule has 7 nitrogen and oxygen atoms in total. The first kappa shape index (κ1) is 29.0. The lowest BCUT2D eigenvalue weighted by atomic mass is 10.1. The van der Waals surface area contributed by atoms with Crippen molar-refractivity contribution in [3.8, 4) is 0 Å². The smallest absolute Gasteiger partial charge is 0.243 e. The Morgan fingerprint density at radius 3 is 2.32 bits per heavy atom. The molecule has 1 fully saturated rings. The molecule has 0 bridgehead atoms. The van der Waals surface area contributed by atoms with Crippen molar-refractivity contribution in [1.82, 2.24) is 10.2 Å². The Morgan fingerprint density at radius 2 is 1.73 bits per heavy atom. The SMILES string of the molecule is CC[C@H](C(=O)NC1CCCC1)N(Cc1ccccc1Cl)C(=O)CCCN(c1ccc(C)cc1)S(C)(=O)=O. The normalized spacial score (nSPS) is 14.8. The van der Waals surface area contributed by atoms with Crippen LogP contribution in [0.2, 0.25) is 5.02 Å². The van der Waals surface area contributed by atoms with Crippen LogP contribution in [0.4, 0.5) is 5.69 Å². The van der Waals surface area contributed by atoms with Crippen LogP contribution in [-0.2, 0) is 26.2 Å². The molecule has 0 saturated heterocycles. The number of hydrogen-bond acceptors (Lipinski definition) is 4. The van der Waals surface area contributed by atoms with E-state index < -0.39 is 16.1 Å². The number of carbonyl (C=O) groups is 2. The molecule has 2 aromatic rings. The number of anilines is 1. The average molecular weight is 548 g/mol. The molecule has 2 amide bonds. The molecule has 1 atom stereocenters. The lowest BCUT2D eigenvalue weighted by Gasteiger charge is -2.32. The molecule has 3 rings (SSSR count). The van der Waals surface area contributed by atoms with Crippen LogP contribution < -0.4 is 9.62 Å². The first-order valence-corrected chi connectivity index (χ1v) is 15.2. The van der Waals surface area contributed by atoms with Gasteiger partial charge < -0.3 is 10.2 Å². The first-order chi connectivity index (χ1) is 17.6. The summed E-state index contributed by atoms with van der Waals surface area (Å²) in [5, 5.41) is 3.67. The molecule has 0 aromatic heterocycles. The molecule has 9 heteroatoms. The van der Waals surface area contributed by atoms with Gasteiger partial charge >= 0.3 is 0 Å². The average Bonchev–Trinajstić information content (AvgIpc) is 3.36. The summed E-state index contributed by atoms with van der Waals surface area (Å²) in [5.74, 6) is -0.349. The fourth-order valence-electron chi connectivity index (χ4n) is 4.81. The Labute approximate surface area is 226 Å². The molecule has 1 N–H and O–H groups in total. The van der Waals surface area contributed by atoms with Gasteiger partial charge in [0.15, 0.2) is 0 Å². The number of halogens is 1. The van der Waals surface area contributed by atoms with Crippen LogP contribution in [0.5, 0.6) is 0 Å². The van der Waals surface area contributed by atoms with Crippen molar-refractivity contribution < 1.29 is 18.0 Å². The van der Waals surface area contributed by atoms with E-state index in [9.17, 15) is 18.0 Å². The minimum absolute atomic E-state index is 0.107. The molecule has 0 heterocycles. The summed E-state index contributed by atoms with van der Waals surface area (Å²) in [6.45, 7) is 4.21. The van der Waals surface area contributed by atoms with E-state index in [-0.39, 0.29) is 37.4 Å². The van der Waals surface area contributed by atoms with E-state index in [0.717, 1.165) is 36.8 Å². The van der Waals surface area contributed by atoms with Crippen LogP contribution in [-0.4, -0.2) is 50.0 Å². The van der Waals surface area contributed by atoms with Gasteiger partial charge in [0.1, 0.15) is 6.04 Å². The zero-order chi connectivity index (χ0) is 27.0. The zero-order valence-corrected chi connectivity index (χ0v) is 23.5. The van der Waals surface area contributed by atoms with Crippen molar-refractivity contribution in [2.75, 3.05) is 17.1 Å². The molecule has 0 spiro atoms. The van der Waals surface area contributed by atoms with Crippen molar-refractivity contribution in [2.45, 2.75) is 77.4 Å². The number of amides is 2. The van der Waals surface area contributed by atoms with Crippen molar-refractivity contribution in [3.63, 3.8) is 0 Å². The third kappa shape index (κ3) is 8.20. The van der Waals surface area contributed by atoms with Gasteiger partial charge in [-0.1, -0.05) is 67.3 Å². The highest BCUT2D eigenvalue weighted by atomic mass is 35.5. The second-order valence-corrected chi connectivity index (χ2v) is 12.1.